The predicted octanol–water partition coefficient (Wildman–Crippen LogP) is 2.10. The van der Waals surface area contributed by atoms with E-state index in [-0.39, 0.29) is 17.4 Å². The number of aromatic nitrogens is 1. The maximum atomic E-state index is 12.6. The first kappa shape index (κ1) is 19.9. The normalized spacial score (nSPS) is 14.9. The summed E-state index contributed by atoms with van der Waals surface area (Å²) >= 11 is 0. The van der Waals surface area contributed by atoms with Crippen LogP contribution in [0.5, 0.6) is 5.75 Å². The lowest BCUT2D eigenvalue weighted by Crippen LogP contribution is -2.48. The molecule has 1 aromatic carbocycles. The number of hydrogen-bond donors (Lipinski definition) is 1. The quantitative estimate of drug-likeness (QED) is 0.872. The molecule has 1 N–H and O–H groups in total. The summed E-state index contributed by atoms with van der Waals surface area (Å²) in [4.78, 5) is 27.9. The predicted molar refractivity (Wildman–Crippen MR) is 107 cm³/mol. The molecule has 0 radical (unpaired) electrons. The number of aryl methyl sites for hydroxylation is 2. The van der Waals surface area contributed by atoms with Crippen molar-refractivity contribution in [1.82, 2.24) is 14.4 Å². The van der Waals surface area contributed by atoms with Gasteiger partial charge in [0.15, 0.2) is 5.75 Å². The summed E-state index contributed by atoms with van der Waals surface area (Å²) in [7, 11) is 1.37. The number of carbonyl (C=O) groups excluding carboxylic acids is 1. The topological polar surface area (TPSA) is 75.0 Å². The highest BCUT2D eigenvalue weighted by atomic mass is 16.5. The van der Waals surface area contributed by atoms with Crippen molar-refractivity contribution in [1.29, 1.82) is 0 Å². The van der Waals surface area contributed by atoms with E-state index in [4.69, 9.17) is 4.74 Å². The number of nitrogens with zero attached hydrogens (tertiary/aromatic N) is 3. The SMILES string of the molecule is COC(=O)N1CCN(Cc2ccn(Cc3cc(C)cc(C)c3)c(=O)c2O)CC1. The number of amides is 1. The van der Waals surface area contributed by atoms with Crippen molar-refractivity contribution in [2.75, 3.05) is 33.3 Å². The Morgan fingerprint density at radius 3 is 2.32 bits per heavy atom. The van der Waals surface area contributed by atoms with Gasteiger partial charge in [0.25, 0.3) is 5.56 Å². The largest absolute Gasteiger partial charge is 0.503 e. The van der Waals surface area contributed by atoms with Gasteiger partial charge in [-0.25, -0.2) is 4.79 Å². The number of carbonyl (C=O) groups is 1. The van der Waals surface area contributed by atoms with Crippen LogP contribution in [0.3, 0.4) is 0 Å². The van der Waals surface area contributed by atoms with E-state index in [9.17, 15) is 14.7 Å². The molecule has 2 aromatic rings. The smallest absolute Gasteiger partial charge is 0.409 e. The van der Waals surface area contributed by atoms with E-state index < -0.39 is 0 Å². The number of benzene rings is 1. The van der Waals surface area contributed by atoms with E-state index >= 15 is 0 Å². The van der Waals surface area contributed by atoms with Gasteiger partial charge in [0.2, 0.25) is 0 Å². The second-order valence-corrected chi connectivity index (χ2v) is 7.35. The van der Waals surface area contributed by atoms with E-state index in [1.165, 1.54) is 11.7 Å². The molecular formula is C21H27N3O4. The number of rotatable bonds is 4. The molecule has 0 spiro atoms. The van der Waals surface area contributed by atoms with Gasteiger partial charge in [0.1, 0.15) is 0 Å². The van der Waals surface area contributed by atoms with Crippen molar-refractivity contribution in [3.63, 3.8) is 0 Å². The first-order chi connectivity index (χ1) is 13.4. The summed E-state index contributed by atoms with van der Waals surface area (Å²) in [5.41, 5.74) is 3.55. The molecular weight excluding hydrogens is 358 g/mol. The minimum absolute atomic E-state index is 0.206. The van der Waals surface area contributed by atoms with E-state index in [0.29, 0.717) is 44.8 Å². The molecule has 0 atom stereocenters. The summed E-state index contributed by atoms with van der Waals surface area (Å²) in [6.45, 7) is 7.42. The van der Waals surface area contributed by atoms with Crippen molar-refractivity contribution >= 4 is 6.09 Å². The van der Waals surface area contributed by atoms with Gasteiger partial charge in [-0.05, 0) is 25.5 Å². The monoisotopic (exact) mass is 385 g/mol. The first-order valence-electron chi connectivity index (χ1n) is 9.41. The minimum atomic E-state index is -0.384. The molecule has 0 aliphatic carbocycles. The van der Waals surface area contributed by atoms with Gasteiger partial charge in [0.05, 0.1) is 13.7 Å². The third kappa shape index (κ3) is 4.54. The first-order valence-corrected chi connectivity index (χ1v) is 9.41. The van der Waals surface area contributed by atoms with Gasteiger partial charge in [-0.15, -0.1) is 0 Å². The van der Waals surface area contributed by atoms with Crippen molar-refractivity contribution in [2.24, 2.45) is 0 Å². The lowest BCUT2D eigenvalue weighted by atomic mass is 10.1. The van der Waals surface area contributed by atoms with Crippen LogP contribution in [0.4, 0.5) is 4.79 Å². The number of ether oxygens (including phenoxy) is 1. The van der Waals surface area contributed by atoms with Gasteiger partial charge in [0, 0.05) is 44.5 Å². The van der Waals surface area contributed by atoms with Crippen LogP contribution in [0.1, 0.15) is 22.3 Å². The van der Waals surface area contributed by atoms with E-state index in [0.717, 1.165) is 16.7 Å². The second-order valence-electron chi connectivity index (χ2n) is 7.35. The zero-order valence-electron chi connectivity index (χ0n) is 16.6. The van der Waals surface area contributed by atoms with Gasteiger partial charge in [-0.1, -0.05) is 29.3 Å². The number of hydrogen-bond acceptors (Lipinski definition) is 5. The Hall–Kier alpha value is -2.80. The number of aromatic hydroxyl groups is 1. The molecule has 1 saturated heterocycles. The van der Waals surface area contributed by atoms with E-state index in [1.54, 1.807) is 17.2 Å². The summed E-state index contributed by atoms with van der Waals surface area (Å²) < 4.78 is 6.27. The maximum absolute atomic E-state index is 12.6. The third-order valence-electron chi connectivity index (χ3n) is 5.06. The Bertz CT molecular complexity index is 894. The third-order valence-corrected chi connectivity index (χ3v) is 5.06. The maximum Gasteiger partial charge on any atom is 0.409 e. The fraction of sp³-hybridized carbons (Fsp3) is 0.429. The highest BCUT2D eigenvalue weighted by molar-refractivity contribution is 5.67. The molecule has 7 nitrogen and oxygen atoms in total. The highest BCUT2D eigenvalue weighted by Crippen LogP contribution is 2.17. The molecule has 1 aliphatic heterocycles. The van der Waals surface area contributed by atoms with Crippen molar-refractivity contribution in [3.8, 4) is 5.75 Å². The summed E-state index contributed by atoms with van der Waals surface area (Å²) in [6.07, 6.45) is 1.41. The average Bonchev–Trinajstić information content (AvgIpc) is 2.67. The van der Waals surface area contributed by atoms with Crippen LogP contribution in [-0.4, -0.2) is 58.9 Å². The van der Waals surface area contributed by atoms with Crippen LogP contribution >= 0.6 is 0 Å². The Morgan fingerprint density at radius 2 is 1.71 bits per heavy atom. The Labute approximate surface area is 164 Å². The molecule has 1 amide bonds. The Morgan fingerprint density at radius 1 is 1.07 bits per heavy atom. The minimum Gasteiger partial charge on any atom is -0.503 e. The molecule has 28 heavy (non-hydrogen) atoms. The van der Waals surface area contributed by atoms with Gasteiger partial charge >= 0.3 is 6.09 Å². The summed E-state index contributed by atoms with van der Waals surface area (Å²) in [5.74, 6) is -0.206. The molecule has 0 saturated carbocycles. The molecule has 7 heteroatoms. The van der Waals surface area contributed by atoms with E-state index in [1.807, 2.05) is 26.0 Å². The van der Waals surface area contributed by atoms with Crippen LogP contribution in [0, 0.1) is 13.8 Å². The molecule has 0 bridgehead atoms. The van der Waals surface area contributed by atoms with Crippen molar-refractivity contribution in [3.05, 3.63) is 63.1 Å². The summed E-state index contributed by atoms with van der Waals surface area (Å²) in [5, 5.41) is 10.4. The van der Waals surface area contributed by atoms with Crippen molar-refractivity contribution < 1.29 is 14.6 Å². The number of piperazine rings is 1. The fourth-order valence-electron chi connectivity index (χ4n) is 3.67. The van der Waals surface area contributed by atoms with Crippen LogP contribution < -0.4 is 5.56 Å². The molecule has 150 valence electrons. The molecule has 0 unspecified atom stereocenters. The van der Waals surface area contributed by atoms with Crippen LogP contribution in [-0.2, 0) is 17.8 Å². The molecule has 1 aliphatic rings. The molecule has 1 fully saturated rings. The summed E-state index contributed by atoms with van der Waals surface area (Å²) in [6, 6.07) is 7.98. The average molecular weight is 385 g/mol. The lowest BCUT2D eigenvalue weighted by Gasteiger charge is -2.33. The molecule has 2 heterocycles. The lowest BCUT2D eigenvalue weighted by molar-refractivity contribution is 0.0885. The Balaban J connectivity index is 1.69. The zero-order valence-corrected chi connectivity index (χ0v) is 16.6. The van der Waals surface area contributed by atoms with E-state index in [2.05, 4.69) is 11.0 Å². The molecule has 3 rings (SSSR count). The second kappa shape index (κ2) is 8.48. The highest BCUT2D eigenvalue weighted by Gasteiger charge is 2.22. The van der Waals surface area contributed by atoms with Crippen molar-refractivity contribution in [2.45, 2.75) is 26.9 Å². The standard InChI is InChI=1S/C21H27N3O4/c1-15-10-16(2)12-17(11-15)13-24-5-4-18(19(25)20(24)26)14-22-6-8-23(9-7-22)21(27)28-3/h4-5,10-12,25H,6-9,13-14H2,1-3H3. The van der Waals surface area contributed by atoms with Gasteiger partial charge in [-0.2, -0.15) is 0 Å². The van der Waals surface area contributed by atoms with Crippen LogP contribution in [0.25, 0.3) is 0 Å². The zero-order chi connectivity index (χ0) is 20.3. The van der Waals surface area contributed by atoms with Crippen LogP contribution in [0.15, 0.2) is 35.3 Å². The van der Waals surface area contributed by atoms with Crippen LogP contribution in [0.2, 0.25) is 0 Å². The Kier molecular flexibility index (Phi) is 6.04. The van der Waals surface area contributed by atoms with Gasteiger partial charge < -0.3 is 19.3 Å². The van der Waals surface area contributed by atoms with Gasteiger partial charge in [-0.3, -0.25) is 9.69 Å². The fourth-order valence-corrected chi connectivity index (χ4v) is 3.67. The number of pyridine rings is 1. The number of methoxy groups -OCH3 is 1. The molecule has 1 aromatic heterocycles.